The standard InChI is InChI=1S/C14H6N4OS2/c15-7-8-11(9-3-1-5-20-9)13-14(18-19-17-13)12(16-8)10-4-2-6-21-10/h1-6H. The second-order valence-corrected chi connectivity index (χ2v) is 6.11. The summed E-state index contributed by atoms with van der Waals surface area (Å²) in [6, 6.07) is 9.88. The molecule has 0 aromatic carbocycles. The van der Waals surface area contributed by atoms with E-state index in [0.717, 1.165) is 9.75 Å². The Hall–Kier alpha value is -2.56. The lowest BCUT2D eigenvalue weighted by atomic mass is 10.1. The molecule has 0 aliphatic rings. The van der Waals surface area contributed by atoms with Gasteiger partial charge in [-0.2, -0.15) is 5.26 Å². The first-order valence-electron chi connectivity index (χ1n) is 6.02. The van der Waals surface area contributed by atoms with Gasteiger partial charge in [0.25, 0.3) is 0 Å². The molecule has 7 heteroatoms. The number of aromatic nitrogens is 3. The molecule has 0 saturated heterocycles. The Balaban J connectivity index is 2.12. The van der Waals surface area contributed by atoms with E-state index in [-0.39, 0.29) is 0 Å². The van der Waals surface area contributed by atoms with E-state index in [1.807, 2.05) is 35.0 Å². The molecule has 0 aliphatic heterocycles. The third kappa shape index (κ3) is 1.85. The Kier molecular flexibility index (Phi) is 2.77. The summed E-state index contributed by atoms with van der Waals surface area (Å²) in [5.74, 6) is 0. The largest absolute Gasteiger partial charge is 0.243 e. The Morgan fingerprint density at radius 3 is 2.38 bits per heavy atom. The number of nitrogens with zero attached hydrogens (tertiary/aromatic N) is 4. The van der Waals surface area contributed by atoms with Crippen LogP contribution in [0.15, 0.2) is 39.7 Å². The van der Waals surface area contributed by atoms with Gasteiger partial charge in [-0.1, -0.05) is 12.1 Å². The normalized spacial score (nSPS) is 10.8. The number of rotatable bonds is 2. The molecule has 0 radical (unpaired) electrons. The third-order valence-corrected chi connectivity index (χ3v) is 4.80. The molecule has 0 saturated carbocycles. The lowest BCUT2D eigenvalue weighted by Crippen LogP contribution is -1.93. The molecule has 4 aromatic rings. The first kappa shape index (κ1) is 12.2. The topological polar surface area (TPSA) is 75.6 Å². The summed E-state index contributed by atoms with van der Waals surface area (Å²) >= 11 is 3.07. The summed E-state index contributed by atoms with van der Waals surface area (Å²) < 4.78 is 4.90. The lowest BCUT2D eigenvalue weighted by Gasteiger charge is -2.04. The van der Waals surface area contributed by atoms with Crippen LogP contribution in [0.1, 0.15) is 5.69 Å². The van der Waals surface area contributed by atoms with Crippen LogP contribution in [0.4, 0.5) is 0 Å². The van der Waals surface area contributed by atoms with E-state index in [2.05, 4.69) is 21.4 Å². The molecule has 0 aliphatic carbocycles. The van der Waals surface area contributed by atoms with Crippen molar-refractivity contribution in [1.82, 2.24) is 15.3 Å². The van der Waals surface area contributed by atoms with Crippen LogP contribution in [-0.2, 0) is 0 Å². The second-order valence-electron chi connectivity index (χ2n) is 4.21. The van der Waals surface area contributed by atoms with E-state index in [9.17, 15) is 5.26 Å². The van der Waals surface area contributed by atoms with Gasteiger partial charge in [0.1, 0.15) is 17.3 Å². The molecule has 100 valence electrons. The van der Waals surface area contributed by atoms with E-state index in [0.29, 0.717) is 28.0 Å². The fraction of sp³-hybridized carbons (Fsp3) is 0. The molecule has 21 heavy (non-hydrogen) atoms. The van der Waals surface area contributed by atoms with Crippen LogP contribution in [0.2, 0.25) is 0 Å². The van der Waals surface area contributed by atoms with Crippen molar-refractivity contribution in [2.24, 2.45) is 0 Å². The fourth-order valence-electron chi connectivity index (χ4n) is 2.16. The number of fused-ring (bicyclic) bond motifs is 1. The molecule has 4 heterocycles. The Morgan fingerprint density at radius 2 is 1.71 bits per heavy atom. The lowest BCUT2D eigenvalue weighted by molar-refractivity contribution is 0.315. The van der Waals surface area contributed by atoms with E-state index < -0.39 is 0 Å². The Bertz CT molecular complexity index is 949. The van der Waals surface area contributed by atoms with Gasteiger partial charge in [-0.05, 0) is 33.2 Å². The average molecular weight is 310 g/mol. The summed E-state index contributed by atoms with van der Waals surface area (Å²) in [5, 5.41) is 21.3. The quantitative estimate of drug-likeness (QED) is 0.560. The van der Waals surface area contributed by atoms with E-state index >= 15 is 0 Å². The van der Waals surface area contributed by atoms with Crippen LogP contribution in [-0.4, -0.2) is 15.3 Å². The van der Waals surface area contributed by atoms with E-state index in [4.69, 9.17) is 4.63 Å². The zero-order chi connectivity index (χ0) is 14.2. The molecule has 0 N–H and O–H groups in total. The van der Waals surface area contributed by atoms with Gasteiger partial charge in [-0.25, -0.2) is 9.61 Å². The average Bonchev–Trinajstić information content (AvgIpc) is 3.24. The van der Waals surface area contributed by atoms with Gasteiger partial charge in [0.05, 0.1) is 10.4 Å². The highest BCUT2D eigenvalue weighted by Crippen LogP contribution is 2.37. The molecule has 0 atom stereocenters. The molecule has 0 bridgehead atoms. The van der Waals surface area contributed by atoms with Crippen molar-refractivity contribution in [3.63, 3.8) is 0 Å². The summed E-state index contributed by atoms with van der Waals surface area (Å²) in [5.41, 5.74) is 2.82. The highest BCUT2D eigenvalue weighted by Gasteiger charge is 2.21. The van der Waals surface area contributed by atoms with Crippen molar-refractivity contribution >= 4 is 33.7 Å². The smallest absolute Gasteiger partial charge is 0.163 e. The molecule has 0 spiro atoms. The molecule has 5 nitrogen and oxygen atoms in total. The maximum atomic E-state index is 9.45. The minimum atomic E-state index is 0.337. The molecule has 0 amide bonds. The molecule has 0 unspecified atom stereocenters. The second kappa shape index (κ2) is 4.77. The summed E-state index contributed by atoms with van der Waals surface area (Å²) in [6.45, 7) is 0. The maximum absolute atomic E-state index is 9.45. The third-order valence-electron chi connectivity index (χ3n) is 3.04. The minimum Gasteiger partial charge on any atom is -0.243 e. The van der Waals surface area contributed by atoms with Crippen molar-refractivity contribution in [3.8, 4) is 27.1 Å². The molecule has 0 fully saturated rings. The van der Waals surface area contributed by atoms with Gasteiger partial charge in [-0.3, -0.25) is 0 Å². The zero-order valence-corrected chi connectivity index (χ0v) is 12.1. The van der Waals surface area contributed by atoms with Gasteiger partial charge in [0.2, 0.25) is 0 Å². The van der Waals surface area contributed by atoms with Crippen molar-refractivity contribution in [3.05, 3.63) is 40.7 Å². The monoisotopic (exact) mass is 310 g/mol. The number of hydrogen-bond donors (Lipinski definition) is 0. The number of pyridine rings is 1. The van der Waals surface area contributed by atoms with Crippen LogP contribution in [0.25, 0.3) is 32.0 Å². The predicted octanol–water partition coefficient (Wildman–Crippen LogP) is 3.95. The van der Waals surface area contributed by atoms with Crippen LogP contribution in [0.3, 0.4) is 0 Å². The summed E-state index contributed by atoms with van der Waals surface area (Å²) in [6.07, 6.45) is 0. The summed E-state index contributed by atoms with van der Waals surface area (Å²) in [4.78, 5) is 6.35. The Morgan fingerprint density at radius 1 is 1.00 bits per heavy atom. The SMILES string of the molecule is N#Cc1nc(-c2cccs2)c2nonc2c1-c1cccs1. The van der Waals surface area contributed by atoms with Crippen LogP contribution in [0.5, 0.6) is 0 Å². The van der Waals surface area contributed by atoms with Gasteiger partial charge < -0.3 is 0 Å². The molecule has 4 rings (SSSR count). The van der Waals surface area contributed by atoms with Gasteiger partial charge in [-0.15, -0.1) is 22.7 Å². The van der Waals surface area contributed by atoms with Crippen LogP contribution >= 0.6 is 22.7 Å². The highest BCUT2D eigenvalue weighted by atomic mass is 32.1. The highest BCUT2D eigenvalue weighted by molar-refractivity contribution is 7.14. The van der Waals surface area contributed by atoms with Gasteiger partial charge in [0, 0.05) is 4.88 Å². The van der Waals surface area contributed by atoms with Crippen molar-refractivity contribution in [2.45, 2.75) is 0 Å². The molecule has 4 aromatic heterocycles. The molecular formula is C14H6N4OS2. The van der Waals surface area contributed by atoms with Crippen LogP contribution < -0.4 is 0 Å². The fourth-order valence-corrected chi connectivity index (χ4v) is 3.65. The van der Waals surface area contributed by atoms with E-state index in [1.54, 1.807) is 0 Å². The van der Waals surface area contributed by atoms with Gasteiger partial charge >= 0.3 is 0 Å². The minimum absolute atomic E-state index is 0.337. The van der Waals surface area contributed by atoms with Crippen molar-refractivity contribution in [2.75, 3.05) is 0 Å². The number of thiophene rings is 2. The first-order chi connectivity index (χ1) is 10.4. The van der Waals surface area contributed by atoms with Crippen molar-refractivity contribution < 1.29 is 4.63 Å². The van der Waals surface area contributed by atoms with Crippen LogP contribution in [0, 0.1) is 11.3 Å². The predicted molar refractivity (Wildman–Crippen MR) is 80.9 cm³/mol. The first-order valence-corrected chi connectivity index (χ1v) is 7.78. The number of nitriles is 1. The van der Waals surface area contributed by atoms with Crippen molar-refractivity contribution in [1.29, 1.82) is 5.26 Å². The van der Waals surface area contributed by atoms with E-state index in [1.165, 1.54) is 22.7 Å². The maximum Gasteiger partial charge on any atom is 0.163 e. The van der Waals surface area contributed by atoms with Gasteiger partial charge in [0.15, 0.2) is 11.2 Å². The summed E-state index contributed by atoms with van der Waals surface area (Å²) in [7, 11) is 0. The molecular weight excluding hydrogens is 304 g/mol. The Labute approximate surface area is 127 Å². The number of hydrogen-bond acceptors (Lipinski definition) is 7. The zero-order valence-electron chi connectivity index (χ0n) is 10.5.